The van der Waals surface area contributed by atoms with Gasteiger partial charge in [0.25, 0.3) is 5.89 Å². The molecule has 1 amide bonds. The molecule has 0 N–H and O–H groups in total. The summed E-state index contributed by atoms with van der Waals surface area (Å²) in [5.74, 6) is 1.98. The number of furan rings is 1. The van der Waals surface area contributed by atoms with E-state index in [0.29, 0.717) is 42.9 Å². The number of rotatable bonds is 3. The lowest BCUT2D eigenvalue weighted by Crippen LogP contribution is -2.42. The number of aromatic nitrogens is 3. The van der Waals surface area contributed by atoms with Crippen molar-refractivity contribution in [2.75, 3.05) is 13.1 Å². The van der Waals surface area contributed by atoms with Crippen LogP contribution < -0.4 is 0 Å². The normalized spacial score (nSPS) is 15.8. The summed E-state index contributed by atoms with van der Waals surface area (Å²) in [6.45, 7) is 7.00. The van der Waals surface area contributed by atoms with Gasteiger partial charge in [0.2, 0.25) is 0 Å². The molecule has 1 aliphatic rings. The third kappa shape index (κ3) is 4.71. The lowest BCUT2D eigenvalue weighted by atomic mass is 9.93. The van der Waals surface area contributed by atoms with Gasteiger partial charge in [-0.2, -0.15) is 4.98 Å². The molecule has 0 saturated carbocycles. The van der Waals surface area contributed by atoms with Gasteiger partial charge in [-0.3, -0.25) is 4.98 Å². The van der Waals surface area contributed by atoms with Crippen molar-refractivity contribution < 1.29 is 18.5 Å². The highest BCUT2D eigenvalue weighted by Gasteiger charge is 2.28. The molecule has 1 fully saturated rings. The minimum absolute atomic E-state index is 0.244. The summed E-state index contributed by atoms with van der Waals surface area (Å²) in [5, 5.41) is 5.02. The third-order valence-electron chi connectivity index (χ3n) is 4.80. The molecule has 0 bridgehead atoms. The molecule has 1 aliphatic heterocycles. The molecule has 1 saturated heterocycles. The van der Waals surface area contributed by atoms with Crippen molar-refractivity contribution >= 4 is 39.7 Å². The first-order valence-corrected chi connectivity index (χ1v) is 10.7. The second-order valence-corrected chi connectivity index (χ2v) is 9.44. The molecule has 4 heterocycles. The fraction of sp³-hybridized carbons (Fsp3) is 0.500. The van der Waals surface area contributed by atoms with Crippen LogP contribution >= 0.6 is 22.6 Å². The lowest BCUT2D eigenvalue weighted by molar-refractivity contribution is 0.0183. The van der Waals surface area contributed by atoms with Crippen LogP contribution in [0.5, 0.6) is 0 Å². The standard InChI is InChI=1S/C20H23IN4O4/c1-20(2,3)28-19(26)25-6-4-12(5-7-25)8-16-23-18(29-24-16)15-9-13-10-22-11-14(21)17(13)27-15/h9-12H,4-8H2,1-3H3. The van der Waals surface area contributed by atoms with E-state index in [0.717, 1.165) is 27.4 Å². The number of amides is 1. The minimum atomic E-state index is -0.472. The predicted molar refractivity (Wildman–Crippen MR) is 114 cm³/mol. The largest absolute Gasteiger partial charge is 0.450 e. The van der Waals surface area contributed by atoms with Crippen molar-refractivity contribution in [2.45, 2.75) is 45.6 Å². The second kappa shape index (κ2) is 7.92. The molecule has 154 valence electrons. The first-order valence-electron chi connectivity index (χ1n) is 9.62. The Balaban J connectivity index is 1.36. The van der Waals surface area contributed by atoms with E-state index in [1.54, 1.807) is 17.3 Å². The highest BCUT2D eigenvalue weighted by atomic mass is 127. The van der Waals surface area contributed by atoms with Crippen molar-refractivity contribution in [3.63, 3.8) is 0 Å². The molecule has 8 nitrogen and oxygen atoms in total. The Bertz CT molecular complexity index is 1020. The molecule has 0 radical (unpaired) electrons. The number of carbonyl (C=O) groups excluding carboxylic acids is 1. The van der Waals surface area contributed by atoms with Crippen LogP contribution in [-0.4, -0.2) is 44.8 Å². The van der Waals surface area contributed by atoms with Crippen molar-refractivity contribution in [1.29, 1.82) is 0 Å². The van der Waals surface area contributed by atoms with Crippen LogP contribution in [0.1, 0.15) is 39.4 Å². The Morgan fingerprint density at radius 3 is 2.76 bits per heavy atom. The molecule has 3 aromatic heterocycles. The van der Waals surface area contributed by atoms with Gasteiger partial charge in [0, 0.05) is 37.3 Å². The smallest absolute Gasteiger partial charge is 0.410 e. The quantitative estimate of drug-likeness (QED) is 0.473. The molecule has 0 spiro atoms. The summed E-state index contributed by atoms with van der Waals surface area (Å²) in [6.07, 6.45) is 5.74. The first kappa shape index (κ1) is 20.1. The number of hydrogen-bond donors (Lipinski definition) is 0. The fourth-order valence-corrected chi connectivity index (χ4v) is 3.96. The lowest BCUT2D eigenvalue weighted by Gasteiger charge is -2.33. The Kier molecular flexibility index (Phi) is 5.50. The predicted octanol–water partition coefficient (Wildman–Crippen LogP) is 4.67. The number of fused-ring (bicyclic) bond motifs is 1. The summed E-state index contributed by atoms with van der Waals surface area (Å²) < 4.78 is 17.7. The summed E-state index contributed by atoms with van der Waals surface area (Å²) in [6, 6.07) is 1.86. The fourth-order valence-electron chi connectivity index (χ4n) is 3.38. The molecule has 0 atom stereocenters. The Morgan fingerprint density at radius 1 is 1.31 bits per heavy atom. The first-order chi connectivity index (χ1) is 13.8. The Morgan fingerprint density at radius 2 is 2.07 bits per heavy atom. The summed E-state index contributed by atoms with van der Waals surface area (Å²) in [7, 11) is 0. The molecule has 0 unspecified atom stereocenters. The van der Waals surface area contributed by atoms with E-state index in [9.17, 15) is 4.79 Å². The summed E-state index contributed by atoms with van der Waals surface area (Å²) in [4.78, 5) is 22.6. The van der Waals surface area contributed by atoms with E-state index in [2.05, 4.69) is 37.7 Å². The van der Waals surface area contributed by atoms with Crippen LogP contribution in [0.4, 0.5) is 4.79 Å². The molecule has 4 rings (SSSR count). The average molecular weight is 510 g/mol. The molecule has 9 heteroatoms. The van der Waals surface area contributed by atoms with E-state index in [4.69, 9.17) is 13.7 Å². The number of carbonyl (C=O) groups is 1. The van der Waals surface area contributed by atoms with E-state index < -0.39 is 5.60 Å². The molecular formula is C20H23IN4O4. The average Bonchev–Trinajstić information content (AvgIpc) is 3.28. The number of piperidine rings is 1. The van der Waals surface area contributed by atoms with Gasteiger partial charge in [0.05, 0.1) is 3.57 Å². The maximum absolute atomic E-state index is 12.2. The highest BCUT2D eigenvalue weighted by molar-refractivity contribution is 14.1. The highest BCUT2D eigenvalue weighted by Crippen LogP contribution is 2.29. The van der Waals surface area contributed by atoms with Gasteiger partial charge >= 0.3 is 6.09 Å². The molecule has 29 heavy (non-hydrogen) atoms. The van der Waals surface area contributed by atoms with Crippen LogP contribution in [0, 0.1) is 9.49 Å². The third-order valence-corrected chi connectivity index (χ3v) is 5.56. The SMILES string of the molecule is CC(C)(C)OC(=O)N1CCC(Cc2noc(-c3cc4cncc(I)c4o3)n2)CC1. The number of pyridine rings is 1. The number of halogens is 1. The van der Waals surface area contributed by atoms with Crippen LogP contribution in [0.15, 0.2) is 27.4 Å². The van der Waals surface area contributed by atoms with Gasteiger partial charge < -0.3 is 18.6 Å². The Labute approximate surface area is 182 Å². The van der Waals surface area contributed by atoms with Gasteiger partial charge in [-0.1, -0.05) is 5.16 Å². The van der Waals surface area contributed by atoms with Crippen molar-refractivity contribution in [2.24, 2.45) is 5.92 Å². The topological polar surface area (TPSA) is 94.5 Å². The zero-order chi connectivity index (χ0) is 20.6. The molecule has 3 aromatic rings. The molecule has 0 aromatic carbocycles. The van der Waals surface area contributed by atoms with Gasteiger partial charge in [0.15, 0.2) is 17.2 Å². The van der Waals surface area contributed by atoms with Gasteiger partial charge in [-0.15, -0.1) is 0 Å². The monoisotopic (exact) mass is 510 g/mol. The van der Waals surface area contributed by atoms with Gasteiger partial charge in [-0.05, 0) is 68.2 Å². The van der Waals surface area contributed by atoms with E-state index in [1.807, 2.05) is 26.8 Å². The van der Waals surface area contributed by atoms with E-state index in [1.165, 1.54) is 0 Å². The minimum Gasteiger partial charge on any atom is -0.450 e. The van der Waals surface area contributed by atoms with Crippen molar-refractivity contribution in [3.05, 3.63) is 27.9 Å². The number of likely N-dealkylation sites (tertiary alicyclic amines) is 1. The molecular weight excluding hydrogens is 487 g/mol. The van der Waals surface area contributed by atoms with Crippen molar-refractivity contribution in [3.8, 4) is 11.7 Å². The van der Waals surface area contributed by atoms with Crippen LogP contribution in [0.2, 0.25) is 0 Å². The van der Waals surface area contributed by atoms with E-state index in [-0.39, 0.29) is 6.09 Å². The Hall–Kier alpha value is -2.17. The van der Waals surface area contributed by atoms with E-state index >= 15 is 0 Å². The van der Waals surface area contributed by atoms with Crippen LogP contribution in [0.3, 0.4) is 0 Å². The maximum Gasteiger partial charge on any atom is 0.410 e. The summed E-state index contributed by atoms with van der Waals surface area (Å²) in [5.41, 5.74) is 0.296. The number of hydrogen-bond acceptors (Lipinski definition) is 7. The van der Waals surface area contributed by atoms with Crippen LogP contribution in [0.25, 0.3) is 22.6 Å². The van der Waals surface area contributed by atoms with Crippen LogP contribution in [-0.2, 0) is 11.2 Å². The summed E-state index contributed by atoms with van der Waals surface area (Å²) >= 11 is 2.19. The second-order valence-electron chi connectivity index (χ2n) is 8.28. The zero-order valence-corrected chi connectivity index (χ0v) is 18.8. The molecule has 0 aliphatic carbocycles. The number of nitrogens with zero attached hydrogens (tertiary/aromatic N) is 4. The van der Waals surface area contributed by atoms with Crippen molar-refractivity contribution in [1.82, 2.24) is 20.0 Å². The maximum atomic E-state index is 12.2. The number of ether oxygens (including phenoxy) is 1. The van der Waals surface area contributed by atoms with Gasteiger partial charge in [-0.25, -0.2) is 4.79 Å². The zero-order valence-electron chi connectivity index (χ0n) is 16.6. The van der Waals surface area contributed by atoms with Gasteiger partial charge in [0.1, 0.15) is 5.60 Å².